The Morgan fingerprint density at radius 2 is 2.00 bits per heavy atom. The molecule has 1 aromatic rings. The molecule has 1 aliphatic heterocycles. The first-order chi connectivity index (χ1) is 9.78. The molecule has 0 N–H and O–H groups in total. The van der Waals surface area contributed by atoms with Crippen LogP contribution in [0.15, 0.2) is 18.2 Å². The first kappa shape index (κ1) is 15.0. The number of benzene rings is 1. The smallest absolute Gasteiger partial charge is 0.280 e. The molecule has 0 aromatic heterocycles. The molecule has 0 bridgehead atoms. The van der Waals surface area contributed by atoms with Crippen molar-refractivity contribution in [2.24, 2.45) is 0 Å². The minimum atomic E-state index is -0.761. The van der Waals surface area contributed by atoms with Crippen molar-refractivity contribution in [3.63, 3.8) is 0 Å². The minimum absolute atomic E-state index is 0.0136. The minimum Gasteiger partial charge on any atom is -0.356 e. The molecule has 1 aromatic carbocycles. The molecular formula is C14H17N3O4. The molecule has 112 valence electrons. The van der Waals surface area contributed by atoms with Gasteiger partial charge in [-0.15, -0.1) is 0 Å². The van der Waals surface area contributed by atoms with Gasteiger partial charge in [-0.2, -0.15) is 0 Å². The van der Waals surface area contributed by atoms with Crippen molar-refractivity contribution in [3.8, 4) is 0 Å². The molecule has 1 fully saturated rings. The van der Waals surface area contributed by atoms with Gasteiger partial charge in [0.1, 0.15) is 5.54 Å². The quantitative estimate of drug-likeness (QED) is 0.478. The summed E-state index contributed by atoms with van der Waals surface area (Å²) in [5, 5.41) is 10.9. The van der Waals surface area contributed by atoms with E-state index in [4.69, 9.17) is 0 Å². The second-order valence-corrected chi connectivity index (χ2v) is 5.56. The van der Waals surface area contributed by atoms with Crippen LogP contribution in [0, 0.1) is 10.1 Å². The van der Waals surface area contributed by atoms with Gasteiger partial charge in [-0.3, -0.25) is 19.7 Å². The number of aldehydes is 1. The molecule has 0 aliphatic carbocycles. The number of hydrogen-bond donors (Lipinski definition) is 0. The van der Waals surface area contributed by atoms with E-state index in [0.29, 0.717) is 25.1 Å². The van der Waals surface area contributed by atoms with Gasteiger partial charge in [0.25, 0.3) is 5.69 Å². The van der Waals surface area contributed by atoms with E-state index < -0.39 is 10.5 Å². The van der Waals surface area contributed by atoms with Crippen molar-refractivity contribution in [1.82, 2.24) is 4.90 Å². The zero-order valence-electron chi connectivity index (χ0n) is 12.2. The first-order valence-corrected chi connectivity index (χ1v) is 6.56. The van der Waals surface area contributed by atoms with E-state index in [0.717, 1.165) is 0 Å². The molecule has 1 heterocycles. The van der Waals surface area contributed by atoms with Gasteiger partial charge >= 0.3 is 0 Å². The summed E-state index contributed by atoms with van der Waals surface area (Å²) in [6, 6.07) is 4.34. The Kier molecular flexibility index (Phi) is 3.67. The fraction of sp³-hybridized carbons (Fsp3) is 0.429. The van der Waals surface area contributed by atoms with E-state index in [1.807, 2.05) is 4.90 Å². The fourth-order valence-electron chi connectivity index (χ4n) is 2.64. The Morgan fingerprint density at radius 3 is 2.57 bits per heavy atom. The van der Waals surface area contributed by atoms with Crippen LogP contribution in [0.1, 0.15) is 24.2 Å². The first-order valence-electron chi connectivity index (χ1n) is 6.56. The number of carbonyl (C=O) groups is 2. The van der Waals surface area contributed by atoms with E-state index in [1.165, 1.54) is 12.1 Å². The third-order valence-corrected chi connectivity index (χ3v) is 3.85. The van der Waals surface area contributed by atoms with Crippen molar-refractivity contribution in [2.75, 3.05) is 25.0 Å². The number of carbonyl (C=O) groups excluding carboxylic acids is 2. The SMILES string of the molecule is CN1CCN(c2ccc([N+](=O)[O-])c(C=O)c2)C(C)(C)C1=O. The van der Waals surface area contributed by atoms with Gasteiger partial charge in [-0.1, -0.05) is 0 Å². The number of nitrogens with zero attached hydrogens (tertiary/aromatic N) is 3. The highest BCUT2D eigenvalue weighted by atomic mass is 16.6. The maximum Gasteiger partial charge on any atom is 0.280 e. The number of nitro groups is 1. The van der Waals surface area contributed by atoms with Gasteiger partial charge in [0.2, 0.25) is 5.91 Å². The Morgan fingerprint density at radius 1 is 1.33 bits per heavy atom. The molecule has 7 heteroatoms. The molecule has 2 rings (SSSR count). The van der Waals surface area contributed by atoms with Crippen LogP contribution in [0.3, 0.4) is 0 Å². The third-order valence-electron chi connectivity index (χ3n) is 3.85. The maximum atomic E-state index is 12.3. The summed E-state index contributed by atoms with van der Waals surface area (Å²) in [5.74, 6) is -0.0280. The zero-order chi connectivity index (χ0) is 15.8. The molecule has 21 heavy (non-hydrogen) atoms. The molecule has 0 unspecified atom stereocenters. The maximum absolute atomic E-state index is 12.3. The summed E-state index contributed by atoms with van der Waals surface area (Å²) in [7, 11) is 1.74. The van der Waals surface area contributed by atoms with Crippen molar-refractivity contribution in [1.29, 1.82) is 0 Å². The standard InChI is InChI=1S/C14H17N3O4/c1-14(2)13(19)15(3)6-7-16(14)11-4-5-12(17(20)21)10(8-11)9-18/h4-5,8-9H,6-7H2,1-3H3. The molecule has 0 saturated carbocycles. The summed E-state index contributed by atoms with van der Waals surface area (Å²) in [6.07, 6.45) is 0.465. The molecule has 0 atom stereocenters. The fourth-order valence-corrected chi connectivity index (χ4v) is 2.64. The third kappa shape index (κ3) is 2.46. The van der Waals surface area contributed by atoms with Crippen molar-refractivity contribution >= 4 is 23.6 Å². The van der Waals surface area contributed by atoms with Crippen molar-refractivity contribution in [3.05, 3.63) is 33.9 Å². The van der Waals surface area contributed by atoms with Gasteiger partial charge in [0.15, 0.2) is 6.29 Å². The summed E-state index contributed by atoms with van der Waals surface area (Å²) in [6.45, 7) is 4.76. The van der Waals surface area contributed by atoms with Gasteiger partial charge in [0, 0.05) is 31.9 Å². The van der Waals surface area contributed by atoms with Crippen LogP contribution in [0.2, 0.25) is 0 Å². The number of amides is 1. The van der Waals surface area contributed by atoms with Crippen molar-refractivity contribution in [2.45, 2.75) is 19.4 Å². The lowest BCUT2D eigenvalue weighted by Crippen LogP contribution is -2.62. The van der Waals surface area contributed by atoms with E-state index in [2.05, 4.69) is 0 Å². The number of rotatable bonds is 3. The van der Waals surface area contributed by atoms with Crippen LogP contribution < -0.4 is 4.90 Å². The van der Waals surface area contributed by atoms with Gasteiger partial charge in [-0.25, -0.2) is 0 Å². The normalized spacial score (nSPS) is 17.8. The lowest BCUT2D eigenvalue weighted by atomic mass is 9.96. The molecule has 1 aliphatic rings. The summed E-state index contributed by atoms with van der Waals surface area (Å²) >= 11 is 0. The van der Waals surface area contributed by atoms with Crippen LogP contribution in [0.4, 0.5) is 11.4 Å². The molecular weight excluding hydrogens is 274 g/mol. The number of anilines is 1. The molecule has 0 spiro atoms. The predicted molar refractivity (Wildman–Crippen MR) is 77.5 cm³/mol. The predicted octanol–water partition coefficient (Wildman–Crippen LogP) is 1.46. The number of hydrogen-bond acceptors (Lipinski definition) is 5. The summed E-state index contributed by atoms with van der Waals surface area (Å²) in [5.41, 5.74) is -0.343. The van der Waals surface area contributed by atoms with Gasteiger partial charge < -0.3 is 9.80 Å². The topological polar surface area (TPSA) is 83.8 Å². The average Bonchev–Trinajstić information content (AvgIpc) is 2.44. The van der Waals surface area contributed by atoms with Gasteiger partial charge in [-0.05, 0) is 26.0 Å². The Bertz CT molecular complexity index is 612. The van der Waals surface area contributed by atoms with Crippen LogP contribution >= 0.6 is 0 Å². The van der Waals surface area contributed by atoms with E-state index in [9.17, 15) is 19.7 Å². The number of nitro benzene ring substituents is 1. The summed E-state index contributed by atoms with van der Waals surface area (Å²) < 4.78 is 0. The van der Waals surface area contributed by atoms with Crippen LogP contribution in [0.25, 0.3) is 0 Å². The largest absolute Gasteiger partial charge is 0.356 e. The number of likely N-dealkylation sites (N-methyl/N-ethyl adjacent to an activating group) is 1. The van der Waals surface area contributed by atoms with E-state index in [1.54, 1.807) is 31.9 Å². The average molecular weight is 291 g/mol. The highest BCUT2D eigenvalue weighted by Gasteiger charge is 2.40. The highest BCUT2D eigenvalue weighted by Crippen LogP contribution is 2.31. The second-order valence-electron chi connectivity index (χ2n) is 5.56. The zero-order valence-corrected chi connectivity index (χ0v) is 12.2. The van der Waals surface area contributed by atoms with E-state index >= 15 is 0 Å². The molecule has 1 amide bonds. The Labute approximate surface area is 122 Å². The Hall–Kier alpha value is -2.44. The Balaban J connectivity index is 2.45. The van der Waals surface area contributed by atoms with Crippen LogP contribution in [-0.4, -0.2) is 47.7 Å². The van der Waals surface area contributed by atoms with Crippen molar-refractivity contribution < 1.29 is 14.5 Å². The molecule has 1 saturated heterocycles. The lowest BCUT2D eigenvalue weighted by Gasteiger charge is -2.46. The molecule has 7 nitrogen and oxygen atoms in total. The number of piperazine rings is 1. The summed E-state index contributed by atoms with van der Waals surface area (Å²) in [4.78, 5) is 37.1. The van der Waals surface area contributed by atoms with Gasteiger partial charge in [0.05, 0.1) is 10.5 Å². The van der Waals surface area contributed by atoms with E-state index in [-0.39, 0.29) is 17.2 Å². The van der Waals surface area contributed by atoms with Crippen LogP contribution in [0.5, 0.6) is 0 Å². The van der Waals surface area contributed by atoms with Crippen LogP contribution in [-0.2, 0) is 4.79 Å². The second kappa shape index (κ2) is 5.16. The highest BCUT2D eigenvalue weighted by molar-refractivity contribution is 5.91. The monoisotopic (exact) mass is 291 g/mol. The molecule has 0 radical (unpaired) electrons. The lowest BCUT2D eigenvalue weighted by molar-refractivity contribution is -0.385.